The summed E-state index contributed by atoms with van der Waals surface area (Å²) in [7, 11) is 3.78. The first-order valence-electron chi connectivity index (χ1n) is 19.7. The number of unbranched alkanes of at least 4 members (excludes halogenated alkanes) is 1. The number of likely N-dealkylation sites (N-methyl/N-ethyl adjacent to an activating group) is 1. The maximum atomic E-state index is 12.9. The number of carboxylic acid groups (broad SMARTS) is 1. The minimum absolute atomic E-state index is 0.00579. The quantitative estimate of drug-likeness (QED) is 0.0449. The van der Waals surface area contributed by atoms with Crippen LogP contribution < -0.4 is 11.1 Å². The summed E-state index contributed by atoms with van der Waals surface area (Å²) in [5, 5.41) is 10.7. The number of nitrogens with two attached hydrogens (primary N) is 1. The largest absolute Gasteiger partial charge is 0.483 e. The number of likely N-dealkylation sites (tertiary alicyclic amines) is 1. The lowest BCUT2D eigenvalue weighted by molar-refractivity contribution is -0.144. The summed E-state index contributed by atoms with van der Waals surface area (Å²) in [4.78, 5) is 65.1. The maximum Gasteiger partial charge on any atom is 0.303 e. The van der Waals surface area contributed by atoms with Crippen molar-refractivity contribution in [3.8, 4) is 0 Å². The number of allylic oxidation sites excluding steroid dienone is 2. The van der Waals surface area contributed by atoms with E-state index in [9.17, 15) is 19.2 Å². The summed E-state index contributed by atoms with van der Waals surface area (Å²) in [5.74, 6) is 0.0168. The van der Waals surface area contributed by atoms with Crippen molar-refractivity contribution in [1.29, 1.82) is 0 Å². The number of carbonyl (C=O) groups excluding carboxylic acids is 4. The number of nitrogens with one attached hydrogen (secondary N) is 1. The molecule has 54 heavy (non-hydrogen) atoms. The van der Waals surface area contributed by atoms with Crippen LogP contribution in [0.2, 0.25) is 0 Å². The molecule has 5 atom stereocenters. The Labute approximate surface area is 333 Å². The van der Waals surface area contributed by atoms with Crippen molar-refractivity contribution in [3.05, 3.63) is 12.2 Å². The molecule has 0 aliphatic carbocycles. The summed E-state index contributed by atoms with van der Waals surface area (Å²) in [5.41, 5.74) is 5.35. The van der Waals surface area contributed by atoms with Crippen LogP contribution >= 0.6 is 11.8 Å². The number of esters is 1. The molecule has 3 amide bonds. The number of carbonyl (C=O) groups is 5. The Balaban J connectivity index is -0.00000125. The van der Waals surface area contributed by atoms with E-state index in [2.05, 4.69) is 65.7 Å². The Hall–Kier alpha value is -2.93. The molecule has 1 rings (SSSR count). The zero-order valence-electron chi connectivity index (χ0n) is 36.4. The molecule has 0 saturated carbocycles. The van der Waals surface area contributed by atoms with Crippen LogP contribution in [0.25, 0.3) is 0 Å². The predicted molar refractivity (Wildman–Crippen MR) is 226 cm³/mol. The van der Waals surface area contributed by atoms with Crippen LogP contribution in [0.5, 0.6) is 0 Å². The van der Waals surface area contributed by atoms with E-state index in [4.69, 9.17) is 20.4 Å². The topological polar surface area (TPSA) is 172 Å². The van der Waals surface area contributed by atoms with E-state index in [1.807, 2.05) is 51.3 Å². The number of rotatable bonds is 17. The van der Waals surface area contributed by atoms with Crippen LogP contribution in [0, 0.1) is 17.3 Å². The highest BCUT2D eigenvalue weighted by Gasteiger charge is 2.31. The lowest BCUT2D eigenvalue weighted by Gasteiger charge is -2.34. The molecule has 316 valence electrons. The van der Waals surface area contributed by atoms with Crippen molar-refractivity contribution in [2.24, 2.45) is 28.0 Å². The van der Waals surface area contributed by atoms with E-state index < -0.39 is 12.1 Å². The molecule has 1 aliphatic heterocycles. The second-order valence-electron chi connectivity index (χ2n) is 15.3. The van der Waals surface area contributed by atoms with Crippen molar-refractivity contribution in [2.45, 2.75) is 165 Å². The summed E-state index contributed by atoms with van der Waals surface area (Å²) < 4.78 is 5.68. The van der Waals surface area contributed by atoms with Gasteiger partial charge >= 0.3 is 5.97 Å². The highest BCUT2D eigenvalue weighted by molar-refractivity contribution is 8.13. The molecule has 0 bridgehead atoms. The molecular formula is C41H79N5O7S. The second kappa shape index (κ2) is 32.3. The van der Waals surface area contributed by atoms with Gasteiger partial charge in [-0.05, 0) is 83.1 Å². The normalized spacial score (nSPS) is 16.9. The Morgan fingerprint density at radius 3 is 2.04 bits per heavy atom. The number of nitrogens with zero attached hydrogens (tertiary/aromatic N) is 3. The fraction of sp³-hybridized carbons (Fsp3) is 0.805. The average molecular weight is 786 g/mol. The van der Waals surface area contributed by atoms with E-state index in [0.717, 1.165) is 51.5 Å². The van der Waals surface area contributed by atoms with Gasteiger partial charge in [0.25, 0.3) is 6.47 Å². The van der Waals surface area contributed by atoms with Gasteiger partial charge in [-0.2, -0.15) is 0 Å². The number of hydrogen-bond acceptors (Lipinski definition) is 9. The van der Waals surface area contributed by atoms with Gasteiger partial charge in [-0.15, -0.1) is 11.8 Å². The van der Waals surface area contributed by atoms with Crippen molar-refractivity contribution in [3.63, 3.8) is 0 Å². The minimum Gasteiger partial charge on any atom is -0.483 e. The first kappa shape index (κ1) is 55.4. The van der Waals surface area contributed by atoms with Gasteiger partial charge in [0.15, 0.2) is 6.10 Å². The Kier molecular flexibility index (Phi) is 33.2. The molecule has 1 fully saturated rings. The molecule has 13 heteroatoms. The monoisotopic (exact) mass is 786 g/mol. The molecule has 0 aromatic rings. The zero-order chi connectivity index (χ0) is 42.4. The second-order valence-corrected chi connectivity index (χ2v) is 16.2. The maximum absolute atomic E-state index is 12.9. The van der Waals surface area contributed by atoms with Crippen LogP contribution in [0.4, 0.5) is 0 Å². The number of piperidine rings is 1. The first-order valence-corrected chi connectivity index (χ1v) is 20.9. The van der Waals surface area contributed by atoms with E-state index in [0.29, 0.717) is 23.8 Å². The van der Waals surface area contributed by atoms with Crippen LogP contribution in [-0.2, 0) is 28.7 Å². The molecule has 0 spiro atoms. The van der Waals surface area contributed by atoms with E-state index in [-0.39, 0.29) is 60.2 Å². The number of hydrogen-bond donors (Lipinski definition) is 3. The molecule has 4 N–H and O–H groups in total. The van der Waals surface area contributed by atoms with Crippen LogP contribution in [0.15, 0.2) is 17.1 Å². The van der Waals surface area contributed by atoms with E-state index >= 15 is 0 Å². The third kappa shape index (κ3) is 26.8. The molecule has 0 radical (unpaired) electrons. The van der Waals surface area contributed by atoms with E-state index in [1.165, 1.54) is 25.1 Å². The third-order valence-electron chi connectivity index (χ3n) is 9.58. The summed E-state index contributed by atoms with van der Waals surface area (Å²) in [6.45, 7) is 23.4. The minimum atomic E-state index is -0.610. The lowest BCUT2D eigenvalue weighted by Crippen LogP contribution is -2.45. The van der Waals surface area contributed by atoms with Gasteiger partial charge in [0, 0.05) is 38.9 Å². The Morgan fingerprint density at radius 1 is 1.07 bits per heavy atom. The highest BCUT2D eigenvalue weighted by atomic mass is 32.2. The molecule has 1 aliphatic rings. The van der Waals surface area contributed by atoms with Crippen LogP contribution in [0.1, 0.15) is 140 Å². The van der Waals surface area contributed by atoms with Gasteiger partial charge in [-0.1, -0.05) is 86.8 Å². The van der Waals surface area contributed by atoms with Gasteiger partial charge in [0.05, 0.1) is 6.04 Å². The summed E-state index contributed by atoms with van der Waals surface area (Å²) in [6.07, 6.45) is 14.1. The smallest absolute Gasteiger partial charge is 0.303 e. The average Bonchev–Trinajstić information content (AvgIpc) is 3.09. The number of thioether (sulfide) groups is 1. The fourth-order valence-electron chi connectivity index (χ4n) is 5.72. The fourth-order valence-corrected chi connectivity index (χ4v) is 6.32. The van der Waals surface area contributed by atoms with Gasteiger partial charge in [-0.25, -0.2) is 0 Å². The molecule has 1 heterocycles. The lowest BCUT2D eigenvalue weighted by atomic mass is 9.78. The first-order chi connectivity index (χ1) is 25.2. The third-order valence-corrected chi connectivity index (χ3v) is 10.4. The number of amides is 3. The number of aliphatic imine (C=N–C) groups is 1. The van der Waals surface area contributed by atoms with Gasteiger partial charge in [0.1, 0.15) is 11.6 Å². The highest BCUT2D eigenvalue weighted by Crippen LogP contribution is 2.30. The van der Waals surface area contributed by atoms with Crippen LogP contribution in [0.3, 0.4) is 0 Å². The van der Waals surface area contributed by atoms with Gasteiger partial charge < -0.3 is 25.8 Å². The van der Waals surface area contributed by atoms with Gasteiger partial charge in [0.2, 0.25) is 17.7 Å². The molecule has 4 unspecified atom stereocenters. The van der Waals surface area contributed by atoms with Crippen molar-refractivity contribution in [2.75, 3.05) is 33.4 Å². The molecule has 0 aromatic carbocycles. The Bertz CT molecular complexity index is 1110. The zero-order valence-corrected chi connectivity index (χ0v) is 37.2. The van der Waals surface area contributed by atoms with Crippen molar-refractivity contribution >= 4 is 47.0 Å². The van der Waals surface area contributed by atoms with Gasteiger partial charge in [-0.3, -0.25) is 33.9 Å². The van der Waals surface area contributed by atoms with Crippen LogP contribution in [-0.4, -0.2) is 108 Å². The standard InChI is InChI=1S/C29H55N3O4S.C7H14N2O.C4H8.CH2O2/c1-12-14-16-27(35)32(10)24(20(3)4)18-25(36-22(6)33)28(37-11)30-19-26(34)31-23(15-13-2)17-21(5)29(7,8)9;1-9-5-3-2-4-6(9)7(8)10;1-3-4-2;2-1-3/h20-21,23-25H,12-19H2,1-11H3,(H,31,34);6H,2-5H2,1H3,(H2,8,10);3-4H,1-2H3;1H,(H,2,3)/b;;4-3-;/t;6-;;/m.1../s1. The molecule has 1 saturated heterocycles. The molecule has 12 nitrogen and oxygen atoms in total. The van der Waals surface area contributed by atoms with E-state index in [1.54, 1.807) is 4.90 Å². The van der Waals surface area contributed by atoms with Crippen molar-refractivity contribution < 1.29 is 33.8 Å². The molecular weight excluding hydrogens is 707 g/mol. The number of ether oxygens (including phenoxy) is 1. The van der Waals surface area contributed by atoms with Crippen molar-refractivity contribution in [1.82, 2.24) is 15.1 Å². The molecule has 0 aromatic heterocycles. The predicted octanol–water partition coefficient (Wildman–Crippen LogP) is 7.34. The Morgan fingerprint density at radius 2 is 1.65 bits per heavy atom. The summed E-state index contributed by atoms with van der Waals surface area (Å²) in [6, 6.07) is -0.0153. The SMILES string of the molecule is C/C=C\C.CCCCC(=O)N(C)C(CC(OC(C)=O)C(=NCC(=O)NC(CCC)CC(C)C(C)(C)C)SC)C(C)C.CN1CCCC[C@@H]1C(N)=O.O=CO. The summed E-state index contributed by atoms with van der Waals surface area (Å²) >= 11 is 1.38. The number of primary amides is 1.